The Labute approximate surface area is 513 Å². The van der Waals surface area contributed by atoms with Gasteiger partial charge in [-0.15, -0.1) is 10.2 Å². The molecule has 20 nitrogen and oxygen atoms in total. The number of rotatable bonds is 11. The molecular formula is C57H47BrCl2F8N16O4. The number of hydrogen-bond donors (Lipinski definition) is 3. The Hall–Kier alpha value is -9.74. The van der Waals surface area contributed by atoms with Crippen molar-refractivity contribution in [3.8, 4) is 34.2 Å². The third kappa shape index (κ3) is 18.2. The van der Waals surface area contributed by atoms with E-state index in [0.29, 0.717) is 33.0 Å². The summed E-state index contributed by atoms with van der Waals surface area (Å²) in [6.45, 7) is 11.9. The van der Waals surface area contributed by atoms with Crippen molar-refractivity contribution in [3.63, 3.8) is 0 Å². The van der Waals surface area contributed by atoms with Gasteiger partial charge in [-0.05, 0) is 169 Å². The van der Waals surface area contributed by atoms with Crippen molar-refractivity contribution in [2.75, 3.05) is 16.4 Å². The van der Waals surface area contributed by atoms with Crippen molar-refractivity contribution in [2.45, 2.75) is 59.0 Å². The summed E-state index contributed by atoms with van der Waals surface area (Å²) in [5.74, 6) is -7.48. The third-order valence-electron chi connectivity index (χ3n) is 11.0. The number of carbonyl (C=O) groups excluding carboxylic acids is 2. The van der Waals surface area contributed by atoms with E-state index in [1.165, 1.54) is 76.4 Å². The maximum absolute atomic E-state index is 14.1. The predicted molar refractivity (Wildman–Crippen MR) is 315 cm³/mol. The number of pyridine rings is 4. The molecule has 6 aromatic heterocycles. The summed E-state index contributed by atoms with van der Waals surface area (Å²) in [5.41, 5.74) is 5.90. The smallest absolute Gasteiger partial charge is 0.306 e. The average Bonchev–Trinajstić information content (AvgIpc) is 3.42. The summed E-state index contributed by atoms with van der Waals surface area (Å²) in [4.78, 5) is 48.1. The van der Waals surface area contributed by atoms with Crippen molar-refractivity contribution in [1.82, 2.24) is 60.4 Å². The molecule has 0 aliphatic carbocycles. The fraction of sp³-hybridized carbons (Fsp3) is 0.158. The first kappa shape index (κ1) is 67.4. The van der Waals surface area contributed by atoms with Crippen LogP contribution >= 0.6 is 39.1 Å². The molecule has 0 saturated carbocycles. The first-order valence-corrected chi connectivity index (χ1v) is 26.8. The van der Waals surface area contributed by atoms with E-state index in [9.17, 15) is 54.8 Å². The lowest BCUT2D eigenvalue weighted by Gasteiger charge is -2.23. The monoisotopic (exact) mass is 1320 g/mol. The van der Waals surface area contributed by atoms with Gasteiger partial charge in [0.25, 0.3) is 5.24 Å². The highest BCUT2D eigenvalue weighted by Gasteiger charge is 2.24. The molecule has 0 atom stereocenters. The molecule has 0 fully saturated rings. The number of nitrogens with two attached hydrogens (primary N) is 1. The number of aromatic nitrogens is 12. The molecule has 10 rings (SSSR count). The van der Waals surface area contributed by atoms with Crippen LogP contribution in [0, 0.1) is 56.7 Å². The van der Waals surface area contributed by atoms with Gasteiger partial charge in [-0.25, -0.2) is 55.1 Å². The van der Waals surface area contributed by atoms with E-state index in [4.69, 9.17) is 28.9 Å². The molecule has 88 heavy (non-hydrogen) atoms. The number of nitrogen functional groups attached to an aromatic ring is 1. The van der Waals surface area contributed by atoms with Gasteiger partial charge in [0.15, 0.2) is 69.8 Å². The molecule has 0 amide bonds. The van der Waals surface area contributed by atoms with E-state index in [2.05, 4.69) is 77.6 Å². The Balaban J connectivity index is 0.000000182. The fourth-order valence-electron chi connectivity index (χ4n) is 7.22. The topological polar surface area (TPSA) is 266 Å². The summed E-state index contributed by atoms with van der Waals surface area (Å²) < 4.78 is 110. The van der Waals surface area contributed by atoms with Crippen LogP contribution in [0.1, 0.15) is 67.8 Å². The largest absolute Gasteiger partial charge is 0.382 e. The number of nitrogens with one attached hydrogen (secondary N) is 2. The lowest BCUT2D eigenvalue weighted by Crippen LogP contribution is -2.27. The van der Waals surface area contributed by atoms with Crippen LogP contribution in [0.4, 0.5) is 58.3 Å². The van der Waals surface area contributed by atoms with E-state index < -0.39 is 68.1 Å². The highest BCUT2D eigenvalue weighted by molar-refractivity contribution is 9.10. The maximum atomic E-state index is 14.1. The van der Waals surface area contributed by atoms with Crippen LogP contribution in [0.2, 0.25) is 5.15 Å². The number of ketones is 1. The third-order valence-corrected chi connectivity index (χ3v) is 11.9. The molecular weight excluding hydrogens is 1280 g/mol. The zero-order valence-corrected chi connectivity index (χ0v) is 49.8. The second kappa shape index (κ2) is 30.1. The summed E-state index contributed by atoms with van der Waals surface area (Å²) in [7, 11) is 0. The van der Waals surface area contributed by atoms with Gasteiger partial charge in [-0.3, -0.25) is 19.7 Å². The van der Waals surface area contributed by atoms with Gasteiger partial charge in [0.1, 0.15) is 23.0 Å². The number of carbonyl (C=O) groups is 2. The van der Waals surface area contributed by atoms with Crippen molar-refractivity contribution < 1.29 is 49.6 Å². The van der Waals surface area contributed by atoms with Gasteiger partial charge >= 0.3 is 5.69 Å². The standard InChI is InChI=1S/C17H18F2N2O.C16H16F2N6.C12H7BrF2N6.C7H3ClF2O.C5H3ClN2O2/c1-17(2,3)21-16-11(6-5-9-20-16)10-14(22)12-7-4-8-13(18)15(12)19;1-16(2,3)20-14-12(8-5-9-19-14)24-15(21-22-23-24)10-6-4-7-11(17)13(10)18;13-6-4-9(11(16)17-5-6)21-12(18-19-20-21)7-2-1-3-8(14)10(7)15;8-7(11)4-2-1-3-5(9)6(4)10;6-5-4(8(9)10)2-1-3-7-5/h4-9H,10H2,1-3H3,(H,20,21);4-9H,1-3H3,(H,19,20);1-5H,(H2,16,17);1-3H;1-3H. The predicted octanol–water partition coefficient (Wildman–Crippen LogP) is 13.5. The van der Waals surface area contributed by atoms with Crippen molar-refractivity contribution in [3.05, 3.63) is 223 Å². The number of benzene rings is 4. The number of anilines is 3. The van der Waals surface area contributed by atoms with E-state index in [1.807, 2.05) is 41.5 Å². The number of hydrogen-bond acceptors (Lipinski definition) is 17. The van der Waals surface area contributed by atoms with Gasteiger partial charge in [0.2, 0.25) is 5.15 Å². The van der Waals surface area contributed by atoms with E-state index in [1.54, 1.807) is 42.7 Å². The number of nitrogens with zero attached hydrogens (tertiary/aromatic N) is 13. The molecule has 0 unspecified atom stereocenters. The first-order valence-electron chi connectivity index (χ1n) is 25.2. The molecule has 0 radical (unpaired) electrons. The average molecular weight is 1320 g/mol. The van der Waals surface area contributed by atoms with Gasteiger partial charge in [0, 0.05) is 58.4 Å². The quantitative estimate of drug-likeness (QED) is 0.0271. The van der Waals surface area contributed by atoms with Gasteiger partial charge in [-0.1, -0.05) is 41.9 Å². The molecule has 0 saturated heterocycles. The minimum absolute atomic E-state index is 0.0226. The molecule has 0 aliphatic rings. The fourth-order valence-corrected chi connectivity index (χ4v) is 7.87. The van der Waals surface area contributed by atoms with Crippen LogP contribution in [0.5, 0.6) is 0 Å². The summed E-state index contributed by atoms with van der Waals surface area (Å²) in [6.07, 6.45) is 6.10. The van der Waals surface area contributed by atoms with Crippen LogP contribution in [-0.2, 0) is 6.42 Å². The molecule has 0 spiro atoms. The van der Waals surface area contributed by atoms with Crippen molar-refractivity contribution in [1.29, 1.82) is 0 Å². The normalized spacial score (nSPS) is 10.8. The molecule has 456 valence electrons. The van der Waals surface area contributed by atoms with E-state index >= 15 is 0 Å². The Bertz CT molecular complexity index is 4100. The SMILES string of the molecule is CC(C)(C)Nc1ncccc1-n1nnnc1-c1cccc(F)c1F.CC(C)(C)Nc1ncccc1CC(=O)c1cccc(F)c1F.Nc1ncc(Br)cc1-n1nnnc1-c1cccc(F)c1F.O=C(Cl)c1cccc(F)c1F.O=[N+]([O-])c1cccnc1Cl. The Morgan fingerprint density at radius 2 is 1.06 bits per heavy atom. The maximum Gasteiger partial charge on any atom is 0.306 e. The zero-order valence-electron chi connectivity index (χ0n) is 46.7. The number of tetrazole rings is 2. The molecule has 4 N–H and O–H groups in total. The number of nitro groups is 1. The Morgan fingerprint density at radius 3 is 1.56 bits per heavy atom. The zero-order chi connectivity index (χ0) is 64.6. The minimum Gasteiger partial charge on any atom is -0.382 e. The molecule has 10 aromatic rings. The molecule has 31 heteroatoms. The molecule has 0 bridgehead atoms. The second-order valence-corrected chi connectivity index (χ2v) is 21.5. The van der Waals surface area contributed by atoms with Crippen LogP contribution < -0.4 is 16.4 Å². The Morgan fingerprint density at radius 1 is 0.602 bits per heavy atom. The van der Waals surface area contributed by atoms with Gasteiger partial charge < -0.3 is 16.4 Å². The highest BCUT2D eigenvalue weighted by Crippen LogP contribution is 2.30. The lowest BCUT2D eigenvalue weighted by molar-refractivity contribution is -0.385. The molecule has 6 heterocycles. The summed E-state index contributed by atoms with van der Waals surface area (Å²) in [6, 6.07) is 25.8. The lowest BCUT2D eigenvalue weighted by atomic mass is 10.0. The molecule has 0 aliphatic heterocycles. The highest BCUT2D eigenvalue weighted by atomic mass is 79.9. The minimum atomic E-state index is -1.20. The number of halogens is 11. The molecule has 4 aromatic carbocycles. The first-order chi connectivity index (χ1) is 41.6. The van der Waals surface area contributed by atoms with Crippen LogP contribution in [0.3, 0.4) is 0 Å². The van der Waals surface area contributed by atoms with E-state index in [0.717, 1.165) is 30.3 Å². The summed E-state index contributed by atoms with van der Waals surface area (Å²) >= 11 is 13.6. The summed E-state index contributed by atoms with van der Waals surface area (Å²) in [5, 5.41) is 37.8. The van der Waals surface area contributed by atoms with Gasteiger partial charge in [-0.2, -0.15) is 9.36 Å². The van der Waals surface area contributed by atoms with Crippen LogP contribution in [0.15, 0.2) is 145 Å². The van der Waals surface area contributed by atoms with Gasteiger partial charge in [0.05, 0.1) is 27.2 Å². The van der Waals surface area contributed by atoms with Crippen LogP contribution in [0.25, 0.3) is 34.2 Å². The Kier molecular flexibility index (Phi) is 23.0. The van der Waals surface area contributed by atoms with Crippen molar-refractivity contribution in [2.24, 2.45) is 0 Å². The van der Waals surface area contributed by atoms with E-state index in [-0.39, 0.29) is 62.5 Å². The second-order valence-electron chi connectivity index (χ2n) is 19.9. The number of Topliss-reactive ketones (excluding diaryl/α,β-unsaturated/α-hetero) is 1. The van der Waals surface area contributed by atoms with Crippen LogP contribution in [-0.4, -0.2) is 87.4 Å². The van der Waals surface area contributed by atoms with Crippen molar-refractivity contribution >= 4 is 73.3 Å².